The molecule has 0 aromatic carbocycles. The van der Waals surface area contributed by atoms with Crippen molar-refractivity contribution in [1.82, 2.24) is 15.2 Å². The smallest absolute Gasteiger partial charge is 0.254 e. The molecule has 1 heterocycles. The minimum absolute atomic E-state index is 0.172. The van der Waals surface area contributed by atoms with Crippen molar-refractivity contribution in [2.45, 2.75) is 26.3 Å². The molecule has 1 rings (SSSR count). The number of amides is 1. The first-order valence-corrected chi connectivity index (χ1v) is 6.83. The van der Waals surface area contributed by atoms with E-state index in [9.17, 15) is 4.79 Å². The Balaban J connectivity index is 2.60. The number of carbonyl (C=O) groups excluding carboxylic acids is 1. The van der Waals surface area contributed by atoms with Gasteiger partial charge in [-0.15, -0.1) is 0 Å². The van der Waals surface area contributed by atoms with E-state index in [0.717, 1.165) is 6.42 Å². The summed E-state index contributed by atoms with van der Waals surface area (Å²) in [6, 6.07) is 1.94. The lowest BCUT2D eigenvalue weighted by Crippen LogP contribution is -2.41. The lowest BCUT2D eigenvalue weighted by molar-refractivity contribution is 0.0938. The van der Waals surface area contributed by atoms with Gasteiger partial charge in [-0.1, -0.05) is 25.4 Å². The molecule has 1 N–H and O–H groups in total. The molecule has 5 heteroatoms. The molecule has 0 aliphatic carbocycles. The highest BCUT2D eigenvalue weighted by atomic mass is 35.5. The fourth-order valence-corrected chi connectivity index (χ4v) is 2.06. The van der Waals surface area contributed by atoms with Crippen LogP contribution < -0.4 is 5.32 Å². The third kappa shape index (κ3) is 5.17. The molecule has 1 unspecified atom stereocenters. The molecule has 0 bridgehead atoms. The van der Waals surface area contributed by atoms with Crippen molar-refractivity contribution in [3.8, 4) is 0 Å². The summed E-state index contributed by atoms with van der Waals surface area (Å²) in [4.78, 5) is 18.1. The number of pyridine rings is 1. The molecule has 1 aromatic heterocycles. The monoisotopic (exact) mass is 283 g/mol. The second kappa shape index (κ2) is 7.46. The molecule has 1 amide bonds. The molecular formula is C14H22ClN3O. The van der Waals surface area contributed by atoms with E-state index in [2.05, 4.69) is 29.0 Å². The van der Waals surface area contributed by atoms with Gasteiger partial charge in [-0.3, -0.25) is 9.78 Å². The SMILES string of the molecule is CC(C)CC(CNC(=O)c1cnccc1Cl)N(C)C. The predicted octanol–water partition coefficient (Wildman–Crippen LogP) is 2.44. The first-order chi connectivity index (χ1) is 8.91. The van der Waals surface area contributed by atoms with Gasteiger partial charge in [0, 0.05) is 25.0 Å². The Kier molecular flexibility index (Phi) is 6.25. The summed E-state index contributed by atoms with van der Waals surface area (Å²) in [7, 11) is 4.05. The molecule has 0 fully saturated rings. The Morgan fingerprint density at radius 1 is 1.47 bits per heavy atom. The molecule has 0 radical (unpaired) electrons. The molecular weight excluding hydrogens is 262 g/mol. The van der Waals surface area contributed by atoms with Crippen molar-refractivity contribution in [3.63, 3.8) is 0 Å². The van der Waals surface area contributed by atoms with Gasteiger partial charge < -0.3 is 10.2 Å². The van der Waals surface area contributed by atoms with Gasteiger partial charge in [-0.25, -0.2) is 0 Å². The van der Waals surface area contributed by atoms with Crippen LogP contribution in [-0.2, 0) is 0 Å². The Labute approximate surface area is 120 Å². The van der Waals surface area contributed by atoms with Gasteiger partial charge in [-0.05, 0) is 32.5 Å². The maximum atomic E-state index is 12.0. The van der Waals surface area contributed by atoms with Crippen LogP contribution in [0.4, 0.5) is 0 Å². The third-order valence-electron chi connectivity index (χ3n) is 2.98. The molecule has 1 aromatic rings. The molecule has 4 nitrogen and oxygen atoms in total. The van der Waals surface area contributed by atoms with Gasteiger partial charge in [0.15, 0.2) is 0 Å². The van der Waals surface area contributed by atoms with E-state index >= 15 is 0 Å². The van der Waals surface area contributed by atoms with Crippen LogP contribution in [0, 0.1) is 5.92 Å². The predicted molar refractivity (Wildman–Crippen MR) is 78.5 cm³/mol. The van der Waals surface area contributed by atoms with Crippen LogP contribution in [0.3, 0.4) is 0 Å². The highest BCUT2D eigenvalue weighted by Gasteiger charge is 2.16. The largest absolute Gasteiger partial charge is 0.350 e. The van der Waals surface area contributed by atoms with Crippen LogP contribution in [0.5, 0.6) is 0 Å². The van der Waals surface area contributed by atoms with Gasteiger partial charge >= 0.3 is 0 Å². The second-order valence-electron chi connectivity index (χ2n) is 5.31. The molecule has 1 atom stereocenters. The van der Waals surface area contributed by atoms with Crippen LogP contribution in [0.2, 0.25) is 5.02 Å². The van der Waals surface area contributed by atoms with Gasteiger partial charge in [0.2, 0.25) is 0 Å². The quantitative estimate of drug-likeness (QED) is 0.872. The average molecular weight is 284 g/mol. The first kappa shape index (κ1) is 15.9. The van der Waals surface area contributed by atoms with E-state index in [1.807, 2.05) is 14.1 Å². The lowest BCUT2D eigenvalue weighted by Gasteiger charge is -2.26. The number of likely N-dealkylation sites (N-methyl/N-ethyl adjacent to an activating group) is 1. The molecule has 0 saturated heterocycles. The van der Waals surface area contributed by atoms with Gasteiger partial charge in [0.05, 0.1) is 10.6 Å². The molecule has 106 valence electrons. The van der Waals surface area contributed by atoms with E-state index < -0.39 is 0 Å². The Morgan fingerprint density at radius 3 is 2.68 bits per heavy atom. The van der Waals surface area contributed by atoms with Crippen molar-refractivity contribution in [2.75, 3.05) is 20.6 Å². The van der Waals surface area contributed by atoms with Crippen LogP contribution in [0.1, 0.15) is 30.6 Å². The van der Waals surface area contributed by atoms with Crippen LogP contribution >= 0.6 is 11.6 Å². The fourth-order valence-electron chi connectivity index (χ4n) is 1.87. The summed E-state index contributed by atoms with van der Waals surface area (Å²) < 4.78 is 0. The average Bonchev–Trinajstić information content (AvgIpc) is 2.34. The standard InChI is InChI=1S/C14H22ClN3O/c1-10(2)7-11(18(3)4)8-17-14(19)12-9-16-6-5-13(12)15/h5-6,9-11H,7-8H2,1-4H3,(H,17,19). The van der Waals surface area contributed by atoms with Crippen LogP contribution in [0.25, 0.3) is 0 Å². The number of hydrogen-bond donors (Lipinski definition) is 1. The van der Waals surface area contributed by atoms with E-state index in [1.54, 1.807) is 12.3 Å². The van der Waals surface area contributed by atoms with E-state index in [4.69, 9.17) is 11.6 Å². The summed E-state index contributed by atoms with van der Waals surface area (Å²) >= 11 is 5.97. The maximum absolute atomic E-state index is 12.0. The maximum Gasteiger partial charge on any atom is 0.254 e. The van der Waals surface area contributed by atoms with Crippen molar-refractivity contribution in [1.29, 1.82) is 0 Å². The van der Waals surface area contributed by atoms with Crippen LogP contribution in [0.15, 0.2) is 18.5 Å². The zero-order valence-electron chi connectivity index (χ0n) is 12.0. The van der Waals surface area contributed by atoms with E-state index in [0.29, 0.717) is 29.1 Å². The van der Waals surface area contributed by atoms with Gasteiger partial charge in [0.25, 0.3) is 5.91 Å². The molecule has 0 saturated carbocycles. The van der Waals surface area contributed by atoms with Crippen molar-refractivity contribution in [2.24, 2.45) is 5.92 Å². The molecule has 0 spiro atoms. The molecule has 19 heavy (non-hydrogen) atoms. The van der Waals surface area contributed by atoms with Crippen molar-refractivity contribution >= 4 is 17.5 Å². The minimum atomic E-state index is -0.172. The van der Waals surface area contributed by atoms with Crippen molar-refractivity contribution in [3.05, 3.63) is 29.0 Å². The van der Waals surface area contributed by atoms with Gasteiger partial charge in [-0.2, -0.15) is 0 Å². The Morgan fingerprint density at radius 2 is 2.16 bits per heavy atom. The van der Waals surface area contributed by atoms with Crippen LogP contribution in [-0.4, -0.2) is 42.5 Å². The fraction of sp³-hybridized carbons (Fsp3) is 0.571. The number of rotatable bonds is 6. The molecule has 0 aliphatic heterocycles. The summed E-state index contributed by atoms with van der Waals surface area (Å²) in [5, 5.41) is 3.35. The number of aromatic nitrogens is 1. The highest BCUT2D eigenvalue weighted by molar-refractivity contribution is 6.33. The Hall–Kier alpha value is -1.13. The van der Waals surface area contributed by atoms with Crippen molar-refractivity contribution < 1.29 is 4.79 Å². The number of carbonyl (C=O) groups is 1. The number of hydrogen-bond acceptors (Lipinski definition) is 3. The topological polar surface area (TPSA) is 45.2 Å². The number of nitrogens with one attached hydrogen (secondary N) is 1. The zero-order chi connectivity index (χ0) is 14.4. The number of nitrogens with zero attached hydrogens (tertiary/aromatic N) is 2. The summed E-state index contributed by atoms with van der Waals surface area (Å²) in [5.41, 5.74) is 0.422. The van der Waals surface area contributed by atoms with E-state index in [1.165, 1.54) is 6.20 Å². The zero-order valence-corrected chi connectivity index (χ0v) is 12.7. The second-order valence-corrected chi connectivity index (χ2v) is 5.72. The molecule has 0 aliphatic rings. The summed E-state index contributed by atoms with van der Waals surface area (Å²) in [6.45, 7) is 4.96. The number of halogens is 1. The minimum Gasteiger partial charge on any atom is -0.350 e. The van der Waals surface area contributed by atoms with E-state index in [-0.39, 0.29) is 5.91 Å². The Bertz CT molecular complexity index is 421. The summed E-state index contributed by atoms with van der Waals surface area (Å²) in [5.74, 6) is 0.417. The highest BCUT2D eigenvalue weighted by Crippen LogP contribution is 2.13. The van der Waals surface area contributed by atoms with Gasteiger partial charge in [0.1, 0.15) is 0 Å². The third-order valence-corrected chi connectivity index (χ3v) is 3.31. The normalized spacial score (nSPS) is 12.8. The lowest BCUT2D eigenvalue weighted by atomic mass is 10.0. The summed E-state index contributed by atoms with van der Waals surface area (Å²) in [6.07, 6.45) is 4.10. The first-order valence-electron chi connectivity index (χ1n) is 6.46.